The van der Waals surface area contributed by atoms with E-state index in [-0.39, 0.29) is 5.75 Å². The normalized spacial score (nSPS) is 17.7. The Bertz CT molecular complexity index is 473. The molecule has 1 aliphatic carbocycles. The van der Waals surface area contributed by atoms with E-state index in [0.717, 1.165) is 0 Å². The lowest BCUT2D eigenvalue weighted by atomic mass is 10.0. The van der Waals surface area contributed by atoms with Crippen LogP contribution in [0.1, 0.15) is 29.2 Å². The summed E-state index contributed by atoms with van der Waals surface area (Å²) < 4.78 is 18.9. The maximum atomic E-state index is 13.8. The molecule has 0 spiro atoms. The summed E-state index contributed by atoms with van der Waals surface area (Å²) in [5.41, 5.74) is 1.55. The van der Waals surface area contributed by atoms with Crippen molar-refractivity contribution in [1.29, 1.82) is 0 Å². The molecule has 0 aromatic heterocycles. The van der Waals surface area contributed by atoms with Gasteiger partial charge in [-0.15, -0.1) is 0 Å². The fourth-order valence-corrected chi connectivity index (χ4v) is 2.11. The minimum atomic E-state index is -0.594. The molecule has 0 saturated heterocycles. The Morgan fingerprint density at radius 1 is 1.65 bits per heavy atom. The van der Waals surface area contributed by atoms with Gasteiger partial charge in [-0.1, -0.05) is 0 Å². The van der Waals surface area contributed by atoms with Gasteiger partial charge < -0.3 is 15.2 Å². The van der Waals surface area contributed by atoms with E-state index in [2.05, 4.69) is 5.32 Å². The maximum absolute atomic E-state index is 13.8. The fraction of sp³-hybridized carbons (Fsp3) is 0.417. The van der Waals surface area contributed by atoms with Crippen molar-refractivity contribution in [2.24, 2.45) is 0 Å². The number of phenolic OH excluding ortho intramolecular Hbond substituents is 1. The van der Waals surface area contributed by atoms with Crippen molar-refractivity contribution in [2.45, 2.75) is 25.9 Å². The van der Waals surface area contributed by atoms with Crippen LogP contribution in [0.2, 0.25) is 0 Å². The minimum absolute atomic E-state index is 0.315. The van der Waals surface area contributed by atoms with E-state index in [1.54, 1.807) is 13.0 Å². The van der Waals surface area contributed by atoms with Gasteiger partial charge in [-0.3, -0.25) is 0 Å². The largest absolute Gasteiger partial charge is 0.505 e. The van der Waals surface area contributed by atoms with Crippen LogP contribution in [-0.4, -0.2) is 18.2 Å². The highest BCUT2D eigenvalue weighted by Crippen LogP contribution is 2.39. The zero-order valence-corrected chi connectivity index (χ0v) is 9.71. The van der Waals surface area contributed by atoms with Gasteiger partial charge in [-0.05, 0) is 42.5 Å². The number of hydrogen-bond donors (Lipinski definition) is 2. The van der Waals surface area contributed by atoms with E-state index in [0.29, 0.717) is 29.5 Å². The van der Waals surface area contributed by atoms with Gasteiger partial charge in [0.2, 0.25) is 0 Å². The average molecular weight is 239 g/mol. The third-order valence-corrected chi connectivity index (χ3v) is 3.02. The highest BCUT2D eigenvalue weighted by molar-refractivity contribution is 5.67. The van der Waals surface area contributed by atoms with Crippen LogP contribution in [-0.2, 0) is 11.2 Å². The molecule has 1 aromatic carbocycles. The molecule has 2 N–H and O–H groups in total. The zero-order chi connectivity index (χ0) is 12.6. The second kappa shape index (κ2) is 4.24. The van der Waals surface area contributed by atoms with Gasteiger partial charge in [0, 0.05) is 7.05 Å². The second-order valence-electron chi connectivity index (χ2n) is 4.11. The van der Waals surface area contributed by atoms with Gasteiger partial charge in [0.25, 0.3) is 0 Å². The summed E-state index contributed by atoms with van der Waals surface area (Å²) in [6.45, 7) is 1.62. The van der Waals surface area contributed by atoms with Gasteiger partial charge in [-0.25, -0.2) is 9.18 Å². The topological polar surface area (TPSA) is 58.6 Å². The fourth-order valence-electron chi connectivity index (χ4n) is 2.11. The van der Waals surface area contributed by atoms with Gasteiger partial charge in [-0.2, -0.15) is 0 Å². The van der Waals surface area contributed by atoms with Crippen LogP contribution in [0.3, 0.4) is 0 Å². The van der Waals surface area contributed by atoms with Crippen molar-refractivity contribution in [3.8, 4) is 5.75 Å². The highest BCUT2D eigenvalue weighted by atomic mass is 19.1. The van der Waals surface area contributed by atoms with Gasteiger partial charge in [0.15, 0.2) is 11.6 Å². The molecule has 92 valence electrons. The number of phenols is 1. The standard InChI is InChI=1S/C12H14FNO3/c1-6-5-8-7(10(13)11(6)15)3-4-9(8)17-12(16)14-2/h5,9,15H,3-4H2,1-2H3,(H,14,16). The number of hydrogen-bond acceptors (Lipinski definition) is 3. The van der Waals surface area contributed by atoms with E-state index in [4.69, 9.17) is 4.74 Å². The van der Waals surface area contributed by atoms with E-state index < -0.39 is 18.0 Å². The Kier molecular flexibility index (Phi) is 2.92. The Morgan fingerprint density at radius 2 is 2.35 bits per heavy atom. The van der Waals surface area contributed by atoms with Crippen LogP contribution in [0.25, 0.3) is 0 Å². The molecule has 4 nitrogen and oxygen atoms in total. The lowest BCUT2D eigenvalue weighted by Gasteiger charge is -2.14. The van der Waals surface area contributed by atoms with Crippen molar-refractivity contribution >= 4 is 6.09 Å². The number of fused-ring (bicyclic) bond motifs is 1. The number of rotatable bonds is 1. The third kappa shape index (κ3) is 1.92. The number of halogens is 1. The van der Waals surface area contributed by atoms with Gasteiger partial charge in [0.1, 0.15) is 6.10 Å². The van der Waals surface area contributed by atoms with Crippen LogP contribution in [0, 0.1) is 12.7 Å². The van der Waals surface area contributed by atoms with E-state index in [1.807, 2.05) is 0 Å². The first-order chi connectivity index (χ1) is 8.04. The van der Waals surface area contributed by atoms with E-state index in [1.165, 1.54) is 7.05 Å². The molecule has 2 rings (SSSR count). The molecule has 1 amide bonds. The highest BCUT2D eigenvalue weighted by Gasteiger charge is 2.30. The number of amides is 1. The summed E-state index contributed by atoms with van der Waals surface area (Å²) in [4.78, 5) is 11.1. The number of nitrogens with one attached hydrogen (secondary N) is 1. The lowest BCUT2D eigenvalue weighted by molar-refractivity contribution is 0.100. The molecule has 17 heavy (non-hydrogen) atoms. The molecular formula is C12H14FNO3. The van der Waals surface area contributed by atoms with Crippen LogP contribution >= 0.6 is 0 Å². The molecule has 0 aliphatic heterocycles. The number of carbonyl (C=O) groups is 1. The zero-order valence-electron chi connectivity index (χ0n) is 9.71. The summed E-state index contributed by atoms with van der Waals surface area (Å²) in [6.07, 6.45) is 0.0481. The number of carbonyl (C=O) groups excluding carboxylic acids is 1. The molecule has 5 heteroatoms. The third-order valence-electron chi connectivity index (χ3n) is 3.02. The maximum Gasteiger partial charge on any atom is 0.407 e. The smallest absolute Gasteiger partial charge is 0.407 e. The van der Waals surface area contributed by atoms with Crippen molar-refractivity contribution < 1.29 is 19.0 Å². The predicted octanol–water partition coefficient (Wildman–Crippen LogP) is 2.18. The lowest BCUT2D eigenvalue weighted by Crippen LogP contribution is -2.21. The van der Waals surface area contributed by atoms with Gasteiger partial charge >= 0.3 is 6.09 Å². The molecular weight excluding hydrogens is 225 g/mol. The summed E-state index contributed by atoms with van der Waals surface area (Å²) in [5.74, 6) is -0.910. The van der Waals surface area contributed by atoms with Crippen LogP contribution in [0.15, 0.2) is 6.07 Å². The minimum Gasteiger partial charge on any atom is -0.505 e. The first-order valence-corrected chi connectivity index (χ1v) is 5.43. The van der Waals surface area contributed by atoms with Crippen molar-refractivity contribution in [3.63, 3.8) is 0 Å². The molecule has 1 unspecified atom stereocenters. The molecule has 1 atom stereocenters. The Labute approximate surface area is 98.4 Å². The number of ether oxygens (including phenoxy) is 1. The Morgan fingerprint density at radius 3 is 3.00 bits per heavy atom. The molecule has 0 heterocycles. The van der Waals surface area contributed by atoms with Gasteiger partial charge in [0.05, 0.1) is 0 Å². The number of aryl methyl sites for hydroxylation is 1. The summed E-state index contributed by atoms with van der Waals surface area (Å²) in [5, 5.41) is 11.8. The van der Waals surface area contributed by atoms with Crippen molar-refractivity contribution in [1.82, 2.24) is 5.32 Å². The molecule has 0 bridgehead atoms. The second-order valence-corrected chi connectivity index (χ2v) is 4.11. The summed E-state index contributed by atoms with van der Waals surface area (Å²) in [7, 11) is 1.47. The number of benzene rings is 1. The SMILES string of the molecule is CNC(=O)OC1CCc2c1cc(C)c(O)c2F. The molecule has 0 fully saturated rings. The summed E-state index contributed by atoms with van der Waals surface area (Å²) >= 11 is 0. The summed E-state index contributed by atoms with van der Waals surface area (Å²) in [6, 6.07) is 1.67. The predicted molar refractivity (Wildman–Crippen MR) is 59.4 cm³/mol. The van der Waals surface area contributed by atoms with E-state index in [9.17, 15) is 14.3 Å². The molecule has 0 radical (unpaired) electrons. The molecule has 1 aliphatic rings. The van der Waals surface area contributed by atoms with Crippen LogP contribution in [0.4, 0.5) is 9.18 Å². The first-order valence-electron chi connectivity index (χ1n) is 5.43. The van der Waals surface area contributed by atoms with Crippen molar-refractivity contribution in [3.05, 3.63) is 28.6 Å². The molecule has 0 saturated carbocycles. The Hall–Kier alpha value is -1.78. The Balaban J connectivity index is 2.35. The van der Waals surface area contributed by atoms with E-state index >= 15 is 0 Å². The number of alkyl carbamates (subject to hydrolysis) is 1. The molecule has 1 aromatic rings. The number of aromatic hydroxyl groups is 1. The average Bonchev–Trinajstić information content (AvgIpc) is 2.69. The van der Waals surface area contributed by atoms with Crippen LogP contribution in [0.5, 0.6) is 5.75 Å². The monoisotopic (exact) mass is 239 g/mol. The van der Waals surface area contributed by atoms with Crippen LogP contribution < -0.4 is 5.32 Å². The first kappa shape index (κ1) is 11.7. The quantitative estimate of drug-likeness (QED) is 0.789. The van der Waals surface area contributed by atoms with Crippen molar-refractivity contribution in [2.75, 3.05) is 7.05 Å².